The van der Waals surface area contributed by atoms with E-state index >= 15 is 0 Å². The molecule has 2 aromatic carbocycles. The molecule has 3 aromatic rings. The number of hydrogen-bond donors (Lipinski definition) is 1. The van der Waals surface area contributed by atoms with Crippen molar-refractivity contribution in [1.82, 2.24) is 10.2 Å². The molecule has 0 saturated carbocycles. The van der Waals surface area contributed by atoms with Crippen LogP contribution >= 0.6 is 11.3 Å². The van der Waals surface area contributed by atoms with Crippen molar-refractivity contribution in [2.45, 2.75) is 13.5 Å². The van der Waals surface area contributed by atoms with Crippen molar-refractivity contribution in [3.8, 4) is 11.1 Å². The molecule has 1 aliphatic rings. The fourth-order valence-corrected chi connectivity index (χ4v) is 4.55. The summed E-state index contributed by atoms with van der Waals surface area (Å²) in [7, 11) is 2.16. The van der Waals surface area contributed by atoms with Gasteiger partial charge in [-0.2, -0.15) is 0 Å². The van der Waals surface area contributed by atoms with Crippen molar-refractivity contribution in [2.24, 2.45) is 0 Å². The minimum atomic E-state index is -0.0104. The lowest BCUT2D eigenvalue weighted by molar-refractivity contribution is 0.0955. The molecule has 4 rings (SSSR count). The number of carbonyl (C=O) groups is 1. The Kier molecular flexibility index (Phi) is 5.97. The topological polar surface area (TPSA) is 35.6 Å². The van der Waals surface area contributed by atoms with E-state index in [9.17, 15) is 4.79 Å². The van der Waals surface area contributed by atoms with E-state index in [1.54, 1.807) is 0 Å². The second-order valence-corrected chi connectivity index (χ2v) is 8.55. The van der Waals surface area contributed by atoms with Crippen LogP contribution in [0.4, 0.5) is 5.69 Å². The van der Waals surface area contributed by atoms with Crippen LogP contribution in [0, 0.1) is 6.92 Å². The molecule has 1 N–H and O–H groups in total. The van der Waals surface area contributed by atoms with Crippen LogP contribution in [0.15, 0.2) is 60.0 Å². The summed E-state index contributed by atoms with van der Waals surface area (Å²) in [5.74, 6) is -0.0104. The highest BCUT2D eigenvalue weighted by atomic mass is 32.1. The number of anilines is 1. The van der Waals surface area contributed by atoms with Gasteiger partial charge in [-0.05, 0) is 42.6 Å². The first-order valence-electron chi connectivity index (χ1n) is 10.1. The molecule has 0 atom stereocenters. The van der Waals surface area contributed by atoms with Crippen LogP contribution in [0.3, 0.4) is 0 Å². The Balaban J connectivity index is 1.48. The lowest BCUT2D eigenvalue weighted by Gasteiger charge is -2.35. The first kappa shape index (κ1) is 19.7. The maximum Gasteiger partial charge on any atom is 0.262 e. The molecule has 1 fully saturated rings. The average molecular weight is 406 g/mol. The molecular formula is C24H27N3OS. The van der Waals surface area contributed by atoms with E-state index in [0.717, 1.165) is 42.2 Å². The highest BCUT2D eigenvalue weighted by Gasteiger charge is 2.18. The zero-order chi connectivity index (χ0) is 20.2. The van der Waals surface area contributed by atoms with Gasteiger partial charge in [-0.15, -0.1) is 11.3 Å². The fourth-order valence-electron chi connectivity index (χ4n) is 3.72. The minimum Gasteiger partial charge on any atom is -0.369 e. The Hall–Kier alpha value is -2.63. The molecule has 1 amide bonds. The molecular weight excluding hydrogens is 378 g/mol. The van der Waals surface area contributed by atoms with E-state index in [0.29, 0.717) is 6.54 Å². The zero-order valence-electron chi connectivity index (χ0n) is 17.0. The number of piperazine rings is 1. The van der Waals surface area contributed by atoms with Crippen LogP contribution in [0.1, 0.15) is 20.8 Å². The van der Waals surface area contributed by atoms with Crippen molar-refractivity contribution >= 4 is 22.9 Å². The van der Waals surface area contributed by atoms with E-state index in [4.69, 9.17) is 0 Å². The predicted octanol–water partition coefficient (Wildman–Crippen LogP) is 4.41. The van der Waals surface area contributed by atoms with Gasteiger partial charge in [-0.1, -0.05) is 48.0 Å². The number of para-hydroxylation sites is 1. The van der Waals surface area contributed by atoms with Crippen LogP contribution in [0.25, 0.3) is 11.1 Å². The van der Waals surface area contributed by atoms with Crippen LogP contribution in [-0.2, 0) is 6.54 Å². The summed E-state index contributed by atoms with van der Waals surface area (Å²) in [6, 6.07) is 18.8. The number of thiophene rings is 1. The fraction of sp³-hybridized carbons (Fsp3) is 0.292. The second kappa shape index (κ2) is 8.80. The maximum atomic E-state index is 12.9. The van der Waals surface area contributed by atoms with Gasteiger partial charge in [0.1, 0.15) is 0 Å². The Morgan fingerprint density at radius 3 is 2.48 bits per heavy atom. The Morgan fingerprint density at radius 1 is 1.00 bits per heavy atom. The number of carbonyl (C=O) groups excluding carboxylic acids is 1. The smallest absolute Gasteiger partial charge is 0.262 e. The third-order valence-corrected chi connectivity index (χ3v) is 6.42. The van der Waals surface area contributed by atoms with Gasteiger partial charge in [-0.25, -0.2) is 0 Å². The van der Waals surface area contributed by atoms with Gasteiger partial charge in [0.05, 0.1) is 4.88 Å². The molecule has 0 spiro atoms. The van der Waals surface area contributed by atoms with Crippen LogP contribution < -0.4 is 10.2 Å². The van der Waals surface area contributed by atoms with Crippen molar-refractivity contribution in [3.05, 3.63) is 76.0 Å². The monoisotopic (exact) mass is 405 g/mol. The van der Waals surface area contributed by atoms with Crippen LogP contribution in [0.2, 0.25) is 0 Å². The summed E-state index contributed by atoms with van der Waals surface area (Å²) in [4.78, 5) is 18.5. The molecule has 150 valence electrons. The van der Waals surface area contributed by atoms with E-state index < -0.39 is 0 Å². The molecule has 0 unspecified atom stereocenters. The van der Waals surface area contributed by atoms with Gasteiger partial charge in [-0.3, -0.25) is 4.79 Å². The average Bonchev–Trinajstić information content (AvgIpc) is 3.23. The van der Waals surface area contributed by atoms with Crippen molar-refractivity contribution < 1.29 is 4.79 Å². The maximum absolute atomic E-state index is 12.9. The third kappa shape index (κ3) is 4.52. The van der Waals surface area contributed by atoms with Gasteiger partial charge < -0.3 is 15.1 Å². The number of nitrogens with one attached hydrogen (secondary N) is 1. The van der Waals surface area contributed by atoms with E-state index in [1.165, 1.54) is 28.2 Å². The van der Waals surface area contributed by atoms with Gasteiger partial charge in [0, 0.05) is 44.0 Å². The predicted molar refractivity (Wildman–Crippen MR) is 122 cm³/mol. The number of likely N-dealkylation sites (N-methyl/N-ethyl adjacent to an activating group) is 1. The molecule has 0 radical (unpaired) electrons. The largest absolute Gasteiger partial charge is 0.369 e. The lowest BCUT2D eigenvalue weighted by atomic mass is 10.0. The summed E-state index contributed by atoms with van der Waals surface area (Å²) < 4.78 is 0. The number of nitrogens with zero attached hydrogens (tertiary/aromatic N) is 2. The molecule has 5 heteroatoms. The molecule has 4 nitrogen and oxygen atoms in total. The molecule has 1 aromatic heterocycles. The lowest BCUT2D eigenvalue weighted by Crippen LogP contribution is -2.45. The van der Waals surface area contributed by atoms with Gasteiger partial charge >= 0.3 is 0 Å². The molecule has 0 bridgehead atoms. The van der Waals surface area contributed by atoms with Gasteiger partial charge in [0.2, 0.25) is 0 Å². The summed E-state index contributed by atoms with van der Waals surface area (Å²) >= 11 is 1.50. The van der Waals surface area contributed by atoms with Crippen molar-refractivity contribution in [1.29, 1.82) is 0 Å². The molecule has 1 saturated heterocycles. The normalized spacial score (nSPS) is 14.8. The Morgan fingerprint density at radius 2 is 1.72 bits per heavy atom. The first-order valence-corrected chi connectivity index (χ1v) is 10.9. The van der Waals surface area contributed by atoms with E-state index in [-0.39, 0.29) is 5.91 Å². The molecule has 1 aliphatic heterocycles. The zero-order valence-corrected chi connectivity index (χ0v) is 17.8. The summed E-state index contributed by atoms with van der Waals surface area (Å²) in [6.45, 7) is 6.77. The first-order chi connectivity index (χ1) is 14.1. The Bertz CT molecular complexity index is 972. The highest BCUT2D eigenvalue weighted by molar-refractivity contribution is 7.12. The van der Waals surface area contributed by atoms with E-state index in [1.807, 2.05) is 17.5 Å². The van der Waals surface area contributed by atoms with Gasteiger partial charge in [0.25, 0.3) is 5.91 Å². The van der Waals surface area contributed by atoms with E-state index in [2.05, 4.69) is 71.6 Å². The number of amides is 1. The van der Waals surface area contributed by atoms with Crippen LogP contribution in [0.5, 0.6) is 0 Å². The van der Waals surface area contributed by atoms with Gasteiger partial charge in [0.15, 0.2) is 0 Å². The standard InChI is InChI=1S/C24H27N3OS/c1-18-7-9-19(10-8-18)21-11-16-29-23(21)24(28)25-17-20-5-3-4-6-22(20)27-14-12-26(2)13-15-27/h3-11,16H,12-15,17H2,1-2H3,(H,25,28). The number of aryl methyl sites for hydroxylation is 1. The Labute approximate surface area is 176 Å². The number of benzene rings is 2. The minimum absolute atomic E-state index is 0.0104. The highest BCUT2D eigenvalue weighted by Crippen LogP contribution is 2.29. The number of rotatable bonds is 5. The summed E-state index contributed by atoms with van der Waals surface area (Å²) in [5, 5.41) is 5.13. The number of hydrogen-bond acceptors (Lipinski definition) is 4. The molecule has 29 heavy (non-hydrogen) atoms. The van der Waals surface area contributed by atoms with Crippen LogP contribution in [-0.4, -0.2) is 44.0 Å². The molecule has 2 heterocycles. The summed E-state index contributed by atoms with van der Waals surface area (Å²) in [5.41, 5.74) is 5.69. The quantitative estimate of drug-likeness (QED) is 0.683. The second-order valence-electron chi connectivity index (χ2n) is 7.63. The third-order valence-electron chi connectivity index (χ3n) is 5.51. The molecule has 0 aliphatic carbocycles. The summed E-state index contributed by atoms with van der Waals surface area (Å²) in [6.07, 6.45) is 0. The van der Waals surface area contributed by atoms with Crippen molar-refractivity contribution in [3.63, 3.8) is 0 Å². The van der Waals surface area contributed by atoms with Crippen molar-refractivity contribution in [2.75, 3.05) is 38.1 Å². The SMILES string of the molecule is Cc1ccc(-c2ccsc2C(=O)NCc2ccccc2N2CCN(C)CC2)cc1.